The minimum absolute atomic E-state index is 0.0464. The lowest BCUT2D eigenvalue weighted by Gasteiger charge is -2.43. The SMILES string of the molecule is Cn1cc(-c2cc3c(S(C)(=O)=O)c(C(N)=O)c(NC4CNCC45CCC5)nn3c2)cn1. The number of carbonyl (C=O) groups excluding carboxylic acids is 1. The van der Waals surface area contributed by atoms with Crippen molar-refractivity contribution in [3.8, 4) is 11.1 Å². The van der Waals surface area contributed by atoms with E-state index in [-0.39, 0.29) is 27.7 Å². The number of hydrogen-bond donors (Lipinski definition) is 3. The van der Waals surface area contributed by atoms with E-state index in [1.807, 2.05) is 6.20 Å². The van der Waals surface area contributed by atoms with Crippen molar-refractivity contribution in [1.29, 1.82) is 0 Å². The van der Waals surface area contributed by atoms with E-state index in [9.17, 15) is 13.2 Å². The molecule has 0 bridgehead atoms. The zero-order valence-electron chi connectivity index (χ0n) is 17.4. The van der Waals surface area contributed by atoms with Gasteiger partial charge in [0.25, 0.3) is 5.91 Å². The van der Waals surface area contributed by atoms with Crippen LogP contribution in [0.5, 0.6) is 0 Å². The van der Waals surface area contributed by atoms with Crippen LogP contribution in [-0.2, 0) is 16.9 Å². The number of amides is 1. The number of carbonyl (C=O) groups is 1. The van der Waals surface area contributed by atoms with Gasteiger partial charge in [-0.05, 0) is 18.9 Å². The van der Waals surface area contributed by atoms with Crippen LogP contribution in [0.4, 0.5) is 5.82 Å². The first-order valence-corrected chi connectivity index (χ1v) is 12.1. The predicted molar refractivity (Wildman–Crippen MR) is 116 cm³/mol. The van der Waals surface area contributed by atoms with Crippen molar-refractivity contribution in [2.45, 2.75) is 30.2 Å². The van der Waals surface area contributed by atoms with E-state index in [1.54, 1.807) is 30.2 Å². The molecule has 4 N–H and O–H groups in total. The first-order chi connectivity index (χ1) is 14.7. The normalized spacial score (nSPS) is 20.3. The number of aromatic nitrogens is 4. The molecule has 2 aliphatic rings. The highest BCUT2D eigenvalue weighted by molar-refractivity contribution is 7.91. The van der Waals surface area contributed by atoms with Crippen LogP contribution in [-0.4, -0.2) is 59.1 Å². The van der Waals surface area contributed by atoms with Crippen molar-refractivity contribution in [2.75, 3.05) is 24.7 Å². The molecule has 4 heterocycles. The van der Waals surface area contributed by atoms with Gasteiger partial charge < -0.3 is 16.4 Å². The Hall–Kier alpha value is -2.92. The number of anilines is 1. The van der Waals surface area contributed by atoms with Crippen LogP contribution in [0.25, 0.3) is 16.6 Å². The lowest BCUT2D eigenvalue weighted by atomic mass is 9.66. The molecule has 1 aliphatic heterocycles. The lowest BCUT2D eigenvalue weighted by molar-refractivity contribution is 0.0997. The molecule has 2 fully saturated rings. The largest absolute Gasteiger partial charge is 0.365 e. The summed E-state index contributed by atoms with van der Waals surface area (Å²) in [5.74, 6) is -0.621. The molecule has 31 heavy (non-hydrogen) atoms. The van der Waals surface area contributed by atoms with Crippen molar-refractivity contribution in [1.82, 2.24) is 24.7 Å². The Labute approximate surface area is 179 Å². The van der Waals surface area contributed by atoms with Gasteiger partial charge in [0, 0.05) is 61.4 Å². The number of sulfone groups is 1. The number of nitrogens with zero attached hydrogens (tertiary/aromatic N) is 4. The van der Waals surface area contributed by atoms with Gasteiger partial charge in [-0.3, -0.25) is 9.48 Å². The Bertz CT molecular complexity index is 1300. The molecular formula is C20H25N7O3S. The van der Waals surface area contributed by atoms with E-state index >= 15 is 0 Å². The van der Waals surface area contributed by atoms with Gasteiger partial charge in [-0.25, -0.2) is 12.9 Å². The maximum Gasteiger partial charge on any atom is 0.253 e. The summed E-state index contributed by atoms with van der Waals surface area (Å²) < 4.78 is 28.8. The summed E-state index contributed by atoms with van der Waals surface area (Å²) in [4.78, 5) is 12.4. The van der Waals surface area contributed by atoms with Gasteiger partial charge in [0.2, 0.25) is 0 Å². The number of fused-ring (bicyclic) bond motifs is 1. The minimum Gasteiger partial charge on any atom is -0.365 e. The molecule has 0 aromatic carbocycles. The predicted octanol–water partition coefficient (Wildman–Crippen LogP) is 0.791. The monoisotopic (exact) mass is 443 g/mol. The molecule has 1 aliphatic carbocycles. The number of aryl methyl sites for hydroxylation is 1. The smallest absolute Gasteiger partial charge is 0.253 e. The van der Waals surface area contributed by atoms with Gasteiger partial charge >= 0.3 is 0 Å². The van der Waals surface area contributed by atoms with Crippen molar-refractivity contribution in [3.63, 3.8) is 0 Å². The van der Waals surface area contributed by atoms with Crippen LogP contribution >= 0.6 is 0 Å². The van der Waals surface area contributed by atoms with Crippen LogP contribution in [0, 0.1) is 5.41 Å². The Kier molecular flexibility index (Phi) is 4.38. The third-order valence-corrected chi connectivity index (χ3v) is 7.74. The highest BCUT2D eigenvalue weighted by Gasteiger charge is 2.47. The fourth-order valence-corrected chi connectivity index (χ4v) is 5.96. The quantitative estimate of drug-likeness (QED) is 0.530. The van der Waals surface area contributed by atoms with E-state index < -0.39 is 15.7 Å². The van der Waals surface area contributed by atoms with Crippen LogP contribution in [0.15, 0.2) is 29.6 Å². The molecule has 3 aromatic rings. The second kappa shape index (κ2) is 6.79. The van der Waals surface area contributed by atoms with Gasteiger partial charge in [0.1, 0.15) is 10.5 Å². The highest BCUT2D eigenvalue weighted by Crippen LogP contribution is 2.46. The maximum absolute atomic E-state index is 12.8. The van der Waals surface area contributed by atoms with Gasteiger partial charge in [0.05, 0.1) is 11.7 Å². The first kappa shape index (κ1) is 20.0. The number of hydrogen-bond acceptors (Lipinski definition) is 7. The molecule has 5 rings (SSSR count). The minimum atomic E-state index is -3.78. The second-order valence-electron chi connectivity index (χ2n) is 8.69. The summed E-state index contributed by atoms with van der Waals surface area (Å²) in [6.45, 7) is 1.62. The van der Waals surface area contributed by atoms with Crippen molar-refractivity contribution in [3.05, 3.63) is 30.2 Å². The Morgan fingerprint density at radius 2 is 2.10 bits per heavy atom. The molecule has 1 saturated heterocycles. The van der Waals surface area contributed by atoms with Gasteiger partial charge in [-0.2, -0.15) is 5.10 Å². The number of rotatable bonds is 5. The van der Waals surface area contributed by atoms with Crippen molar-refractivity contribution < 1.29 is 13.2 Å². The average molecular weight is 444 g/mol. The molecule has 1 amide bonds. The van der Waals surface area contributed by atoms with Crippen molar-refractivity contribution in [2.24, 2.45) is 18.2 Å². The zero-order valence-corrected chi connectivity index (χ0v) is 18.2. The molecule has 1 saturated carbocycles. The molecule has 11 heteroatoms. The van der Waals surface area contributed by atoms with Crippen LogP contribution < -0.4 is 16.4 Å². The fourth-order valence-electron chi connectivity index (χ4n) is 4.86. The number of nitrogens with two attached hydrogens (primary N) is 1. The van der Waals surface area contributed by atoms with E-state index in [1.165, 1.54) is 4.52 Å². The van der Waals surface area contributed by atoms with E-state index in [0.717, 1.165) is 49.7 Å². The molecule has 164 valence electrons. The Balaban J connectivity index is 1.71. The summed E-state index contributed by atoms with van der Waals surface area (Å²) in [7, 11) is -1.98. The van der Waals surface area contributed by atoms with Gasteiger partial charge in [-0.15, -0.1) is 5.10 Å². The summed E-state index contributed by atoms with van der Waals surface area (Å²) in [6, 6.07) is 1.74. The second-order valence-corrected chi connectivity index (χ2v) is 10.6. The van der Waals surface area contributed by atoms with E-state index in [4.69, 9.17) is 5.73 Å². The molecule has 1 unspecified atom stereocenters. The third-order valence-electron chi connectivity index (χ3n) is 6.59. The third kappa shape index (κ3) is 3.19. The highest BCUT2D eigenvalue weighted by atomic mass is 32.2. The summed E-state index contributed by atoms with van der Waals surface area (Å²) in [5.41, 5.74) is 7.58. The molecule has 3 aromatic heterocycles. The van der Waals surface area contributed by atoms with E-state index in [2.05, 4.69) is 20.8 Å². The first-order valence-electron chi connectivity index (χ1n) is 10.2. The van der Waals surface area contributed by atoms with Gasteiger partial charge in [0.15, 0.2) is 15.7 Å². The van der Waals surface area contributed by atoms with Crippen molar-refractivity contribution >= 4 is 27.1 Å². The van der Waals surface area contributed by atoms with Crippen LogP contribution in [0.2, 0.25) is 0 Å². The van der Waals surface area contributed by atoms with Crippen LogP contribution in [0.3, 0.4) is 0 Å². The van der Waals surface area contributed by atoms with E-state index in [0.29, 0.717) is 5.52 Å². The Morgan fingerprint density at radius 1 is 1.32 bits per heavy atom. The zero-order chi connectivity index (χ0) is 22.0. The molecule has 0 radical (unpaired) electrons. The fraction of sp³-hybridized carbons (Fsp3) is 0.450. The van der Waals surface area contributed by atoms with Gasteiger partial charge in [-0.1, -0.05) is 6.42 Å². The molecular weight excluding hydrogens is 418 g/mol. The topological polar surface area (TPSA) is 136 Å². The molecule has 10 nitrogen and oxygen atoms in total. The summed E-state index contributed by atoms with van der Waals surface area (Å²) in [6.07, 6.45) is 9.67. The summed E-state index contributed by atoms with van der Waals surface area (Å²) >= 11 is 0. The lowest BCUT2D eigenvalue weighted by Crippen LogP contribution is -2.45. The van der Waals surface area contributed by atoms with Crippen LogP contribution in [0.1, 0.15) is 29.6 Å². The number of nitrogens with one attached hydrogen (secondary N) is 2. The Morgan fingerprint density at radius 3 is 2.68 bits per heavy atom. The maximum atomic E-state index is 12.8. The molecule has 1 spiro atoms. The number of primary amides is 1. The standard InChI is InChI=1S/C20H25N7O3S/c1-26-9-13(7-23-26)12-6-14-17(31(2,29)30)16(18(21)28)19(25-27(14)10-12)24-15-8-22-11-20(15)4-3-5-20/h6-7,9-10,15,22H,3-5,8,11H2,1-2H3,(H2,21,28)(H,24,25). The molecule has 1 atom stereocenters. The average Bonchev–Trinajstić information content (AvgIpc) is 3.36. The summed E-state index contributed by atoms with van der Waals surface area (Å²) in [5, 5.41) is 15.5.